The summed E-state index contributed by atoms with van der Waals surface area (Å²) in [7, 11) is 0. The molecule has 0 atom stereocenters. The van der Waals surface area contributed by atoms with Crippen molar-refractivity contribution in [2.45, 2.75) is 26.2 Å². The monoisotopic (exact) mass is 363 g/mol. The van der Waals surface area contributed by atoms with E-state index >= 15 is 0 Å². The molecule has 0 spiro atoms. The molecular formula is C22H22FN3O. The first-order chi connectivity index (χ1) is 13.0. The second-order valence-electron chi connectivity index (χ2n) is 6.69. The van der Waals surface area contributed by atoms with Crippen LogP contribution in [0.15, 0.2) is 66.9 Å². The third-order valence-electron chi connectivity index (χ3n) is 4.17. The highest BCUT2D eigenvalue weighted by atomic mass is 19.1. The first-order valence-corrected chi connectivity index (χ1v) is 8.87. The van der Waals surface area contributed by atoms with Gasteiger partial charge in [0.25, 0.3) is 0 Å². The molecule has 0 aliphatic heterocycles. The van der Waals surface area contributed by atoms with Gasteiger partial charge in [0.15, 0.2) is 0 Å². The maximum absolute atomic E-state index is 12.9. The molecule has 3 rings (SSSR count). The zero-order valence-corrected chi connectivity index (χ0v) is 15.4. The van der Waals surface area contributed by atoms with E-state index in [-0.39, 0.29) is 18.1 Å². The summed E-state index contributed by atoms with van der Waals surface area (Å²) in [6.45, 7) is 4.32. The molecule has 0 saturated heterocycles. The van der Waals surface area contributed by atoms with Crippen LogP contribution in [0, 0.1) is 5.82 Å². The molecule has 0 aliphatic carbocycles. The van der Waals surface area contributed by atoms with Crippen LogP contribution in [0.3, 0.4) is 0 Å². The van der Waals surface area contributed by atoms with E-state index in [4.69, 9.17) is 0 Å². The molecule has 1 aromatic heterocycles. The topological polar surface area (TPSA) is 54.0 Å². The van der Waals surface area contributed by atoms with Crippen LogP contribution in [0.1, 0.15) is 30.9 Å². The van der Waals surface area contributed by atoms with E-state index in [0.717, 1.165) is 16.9 Å². The number of carbonyl (C=O) groups excluding carboxylic acids is 1. The number of nitrogens with one attached hydrogen (secondary N) is 2. The van der Waals surface area contributed by atoms with E-state index in [9.17, 15) is 9.18 Å². The number of carbonyl (C=O) groups is 1. The quantitative estimate of drug-likeness (QED) is 0.627. The van der Waals surface area contributed by atoms with Crippen LogP contribution in [-0.4, -0.2) is 10.9 Å². The number of aromatic nitrogens is 1. The molecule has 1 amide bonds. The minimum atomic E-state index is -0.317. The smallest absolute Gasteiger partial charge is 0.229 e. The summed E-state index contributed by atoms with van der Waals surface area (Å²) in [4.78, 5) is 16.3. The van der Waals surface area contributed by atoms with Gasteiger partial charge in [-0.1, -0.05) is 38.1 Å². The van der Waals surface area contributed by atoms with Gasteiger partial charge in [0.05, 0.1) is 18.3 Å². The molecule has 2 aromatic carbocycles. The molecule has 0 aliphatic rings. The third kappa shape index (κ3) is 5.38. The third-order valence-corrected chi connectivity index (χ3v) is 4.17. The Morgan fingerprint density at radius 1 is 0.963 bits per heavy atom. The first kappa shape index (κ1) is 18.6. The van der Waals surface area contributed by atoms with Gasteiger partial charge in [0.2, 0.25) is 5.91 Å². The maximum atomic E-state index is 12.9. The second kappa shape index (κ2) is 8.45. The highest BCUT2D eigenvalue weighted by Crippen LogP contribution is 2.21. The van der Waals surface area contributed by atoms with Crippen molar-refractivity contribution in [2.24, 2.45) is 0 Å². The number of halogens is 1. The van der Waals surface area contributed by atoms with Crippen LogP contribution in [-0.2, 0) is 11.2 Å². The molecule has 0 fully saturated rings. The van der Waals surface area contributed by atoms with Crippen LogP contribution in [0.5, 0.6) is 0 Å². The van der Waals surface area contributed by atoms with Gasteiger partial charge >= 0.3 is 0 Å². The number of benzene rings is 2. The number of amides is 1. The Balaban J connectivity index is 1.56. The van der Waals surface area contributed by atoms with Crippen molar-refractivity contribution < 1.29 is 9.18 Å². The van der Waals surface area contributed by atoms with E-state index in [1.54, 1.807) is 24.4 Å². The van der Waals surface area contributed by atoms with Crippen molar-refractivity contribution in [1.82, 2.24) is 4.98 Å². The summed E-state index contributed by atoms with van der Waals surface area (Å²) in [5.74, 6) is 0.461. The summed E-state index contributed by atoms with van der Waals surface area (Å²) in [6, 6.07) is 17.8. The number of anilines is 3. The van der Waals surface area contributed by atoms with Gasteiger partial charge in [-0.15, -0.1) is 0 Å². The Morgan fingerprint density at radius 2 is 1.63 bits per heavy atom. The molecule has 27 heavy (non-hydrogen) atoms. The Labute approximate surface area is 158 Å². The zero-order valence-electron chi connectivity index (χ0n) is 15.4. The minimum Gasteiger partial charge on any atom is -0.354 e. The lowest BCUT2D eigenvalue weighted by molar-refractivity contribution is -0.115. The number of hydrogen-bond donors (Lipinski definition) is 2. The molecule has 4 nitrogen and oxygen atoms in total. The van der Waals surface area contributed by atoms with E-state index in [2.05, 4.69) is 41.6 Å². The van der Waals surface area contributed by atoms with E-state index < -0.39 is 0 Å². The van der Waals surface area contributed by atoms with Crippen molar-refractivity contribution >= 4 is 23.1 Å². The predicted molar refractivity (Wildman–Crippen MR) is 107 cm³/mol. The van der Waals surface area contributed by atoms with E-state index in [1.165, 1.54) is 17.7 Å². The maximum Gasteiger partial charge on any atom is 0.229 e. The lowest BCUT2D eigenvalue weighted by Gasteiger charge is -2.10. The van der Waals surface area contributed by atoms with Crippen LogP contribution in [0.25, 0.3) is 0 Å². The summed E-state index contributed by atoms with van der Waals surface area (Å²) in [5, 5.41) is 6.03. The number of nitrogens with zero attached hydrogens (tertiary/aromatic N) is 1. The summed E-state index contributed by atoms with van der Waals surface area (Å²) < 4.78 is 12.9. The van der Waals surface area contributed by atoms with Gasteiger partial charge in [-0.2, -0.15) is 0 Å². The fourth-order valence-corrected chi connectivity index (χ4v) is 2.63. The van der Waals surface area contributed by atoms with E-state index in [1.807, 2.05) is 18.2 Å². The molecule has 0 saturated carbocycles. The van der Waals surface area contributed by atoms with Crippen molar-refractivity contribution in [2.75, 3.05) is 10.6 Å². The lowest BCUT2D eigenvalue weighted by atomic mass is 10.0. The van der Waals surface area contributed by atoms with Gasteiger partial charge < -0.3 is 10.6 Å². The molecule has 0 unspecified atom stereocenters. The Bertz CT molecular complexity index is 888. The van der Waals surface area contributed by atoms with Gasteiger partial charge in [0.1, 0.15) is 11.6 Å². The summed E-state index contributed by atoms with van der Waals surface area (Å²) in [6.07, 6.45) is 1.84. The molecule has 5 heteroatoms. The molecule has 138 valence electrons. The average molecular weight is 363 g/mol. The average Bonchev–Trinajstić information content (AvgIpc) is 2.66. The Hall–Kier alpha value is -3.21. The van der Waals surface area contributed by atoms with Crippen molar-refractivity contribution in [3.8, 4) is 0 Å². The van der Waals surface area contributed by atoms with Crippen LogP contribution >= 0.6 is 0 Å². The molecule has 1 heterocycles. The van der Waals surface area contributed by atoms with Crippen molar-refractivity contribution in [3.05, 3.63) is 83.8 Å². The number of hydrogen-bond acceptors (Lipinski definition) is 3. The van der Waals surface area contributed by atoms with Gasteiger partial charge in [0, 0.05) is 5.69 Å². The SMILES string of the molecule is CC(C)c1ccc(Nc2ccc(NC(=O)Cc3ccc(F)cc3)nc2)cc1. The Kier molecular flexibility index (Phi) is 5.81. The largest absolute Gasteiger partial charge is 0.354 e. The number of rotatable bonds is 6. The van der Waals surface area contributed by atoms with Crippen molar-refractivity contribution in [1.29, 1.82) is 0 Å². The normalized spacial score (nSPS) is 10.7. The molecule has 0 bridgehead atoms. The lowest BCUT2D eigenvalue weighted by Crippen LogP contribution is -2.15. The van der Waals surface area contributed by atoms with E-state index in [0.29, 0.717) is 11.7 Å². The summed E-state index contributed by atoms with van der Waals surface area (Å²) >= 11 is 0. The standard InChI is InChI=1S/C22H22FN3O/c1-15(2)17-5-9-19(10-6-17)25-20-11-12-21(24-14-20)26-22(27)13-16-3-7-18(23)8-4-16/h3-12,14-15,25H,13H2,1-2H3,(H,24,26,27). The summed E-state index contributed by atoms with van der Waals surface area (Å²) in [5.41, 5.74) is 3.85. The molecular weight excluding hydrogens is 341 g/mol. The molecule has 0 radical (unpaired) electrons. The minimum absolute atomic E-state index is 0.171. The van der Waals surface area contributed by atoms with Crippen LogP contribution in [0.2, 0.25) is 0 Å². The van der Waals surface area contributed by atoms with Gasteiger partial charge in [-0.05, 0) is 53.4 Å². The van der Waals surface area contributed by atoms with Gasteiger partial charge in [-0.25, -0.2) is 9.37 Å². The Morgan fingerprint density at radius 3 is 2.22 bits per heavy atom. The zero-order chi connectivity index (χ0) is 19.2. The second-order valence-corrected chi connectivity index (χ2v) is 6.69. The van der Waals surface area contributed by atoms with Crippen molar-refractivity contribution in [3.63, 3.8) is 0 Å². The van der Waals surface area contributed by atoms with Crippen LogP contribution in [0.4, 0.5) is 21.6 Å². The highest BCUT2D eigenvalue weighted by molar-refractivity contribution is 5.91. The first-order valence-electron chi connectivity index (χ1n) is 8.87. The number of pyridine rings is 1. The van der Waals surface area contributed by atoms with Crippen LogP contribution < -0.4 is 10.6 Å². The predicted octanol–water partition coefficient (Wildman–Crippen LogP) is 5.27. The fourth-order valence-electron chi connectivity index (χ4n) is 2.63. The molecule has 2 N–H and O–H groups in total. The fraction of sp³-hybridized carbons (Fsp3) is 0.182. The highest BCUT2D eigenvalue weighted by Gasteiger charge is 2.06. The van der Waals surface area contributed by atoms with Gasteiger partial charge in [-0.3, -0.25) is 4.79 Å². The molecule has 3 aromatic rings.